The van der Waals surface area contributed by atoms with Crippen LogP contribution < -0.4 is 16.4 Å². The maximum Gasteiger partial charge on any atom is 0.223 e. The Morgan fingerprint density at radius 3 is 2.57 bits per heavy atom. The topological polar surface area (TPSA) is 109 Å². The smallest absolute Gasteiger partial charge is 0.223 e. The van der Waals surface area contributed by atoms with Gasteiger partial charge in [-0.1, -0.05) is 6.92 Å². The summed E-state index contributed by atoms with van der Waals surface area (Å²) in [5.41, 5.74) is 9.44. The predicted octanol–water partition coefficient (Wildman–Crippen LogP) is 2.95. The van der Waals surface area contributed by atoms with Crippen LogP contribution in [0.5, 0.6) is 0 Å². The maximum absolute atomic E-state index is 8.91. The molecule has 2 aliphatic rings. The molecule has 0 spiro atoms. The highest BCUT2D eigenvalue weighted by molar-refractivity contribution is 6.23. The first-order chi connectivity index (χ1) is 13.6. The van der Waals surface area contributed by atoms with Crippen LogP contribution in [0, 0.1) is 11.3 Å². The molecule has 1 aromatic heterocycles. The molecule has 3 rings (SSSR count). The first kappa shape index (κ1) is 20.7. The zero-order chi connectivity index (χ0) is 19.9. The Morgan fingerprint density at radius 2 is 1.93 bits per heavy atom. The van der Waals surface area contributed by atoms with Gasteiger partial charge in [-0.2, -0.15) is 0 Å². The Labute approximate surface area is 168 Å². The summed E-state index contributed by atoms with van der Waals surface area (Å²) in [6.07, 6.45) is 8.57. The second-order valence-electron chi connectivity index (χ2n) is 7.78. The van der Waals surface area contributed by atoms with E-state index in [1.807, 2.05) is 13.1 Å². The molecule has 0 radical (unpaired) electrons. The SMILES string of the molecule is CC/C(NC)=C(/C(=N)C1CCOCC1)c1ccnc(N[C@H]2CC[C@H](N)CC2)n1. The van der Waals surface area contributed by atoms with E-state index in [1.54, 1.807) is 6.20 Å². The van der Waals surface area contributed by atoms with Crippen LogP contribution >= 0.6 is 0 Å². The number of ether oxygens (including phenoxy) is 1. The van der Waals surface area contributed by atoms with E-state index >= 15 is 0 Å². The van der Waals surface area contributed by atoms with E-state index in [4.69, 9.17) is 20.9 Å². The molecule has 0 atom stereocenters. The Hall–Kier alpha value is -1.99. The summed E-state index contributed by atoms with van der Waals surface area (Å²) < 4.78 is 5.49. The molecule has 2 heterocycles. The Kier molecular flexibility index (Phi) is 7.39. The lowest BCUT2D eigenvalue weighted by molar-refractivity contribution is 0.0829. The fraction of sp³-hybridized carbons (Fsp3) is 0.667. The Balaban J connectivity index is 1.84. The lowest BCUT2D eigenvalue weighted by Crippen LogP contribution is -2.33. The number of hydrogen-bond acceptors (Lipinski definition) is 7. The first-order valence-corrected chi connectivity index (χ1v) is 10.5. The van der Waals surface area contributed by atoms with Gasteiger partial charge in [-0.25, -0.2) is 9.97 Å². The molecular weight excluding hydrogens is 352 g/mol. The molecular formula is C21H34N6O. The molecule has 154 valence electrons. The van der Waals surface area contributed by atoms with Gasteiger partial charge in [0.25, 0.3) is 0 Å². The molecule has 0 amide bonds. The maximum atomic E-state index is 8.91. The van der Waals surface area contributed by atoms with Crippen molar-refractivity contribution in [3.8, 4) is 0 Å². The van der Waals surface area contributed by atoms with Crippen LogP contribution in [0.3, 0.4) is 0 Å². The van der Waals surface area contributed by atoms with Gasteiger partial charge in [-0.15, -0.1) is 0 Å². The second-order valence-corrected chi connectivity index (χ2v) is 7.78. The number of rotatable bonds is 7. The third-order valence-electron chi connectivity index (χ3n) is 5.87. The van der Waals surface area contributed by atoms with Gasteiger partial charge in [0, 0.05) is 61.4 Å². The minimum absolute atomic E-state index is 0.213. The third kappa shape index (κ3) is 5.08. The average molecular weight is 387 g/mol. The van der Waals surface area contributed by atoms with Crippen molar-refractivity contribution in [1.82, 2.24) is 15.3 Å². The fourth-order valence-corrected chi connectivity index (χ4v) is 4.14. The van der Waals surface area contributed by atoms with Gasteiger partial charge in [-0.05, 0) is 51.0 Å². The van der Waals surface area contributed by atoms with Crippen LogP contribution in [0.2, 0.25) is 0 Å². The Bertz CT molecular complexity index is 684. The average Bonchev–Trinajstić information content (AvgIpc) is 2.74. The minimum Gasteiger partial charge on any atom is -0.391 e. The quantitative estimate of drug-likeness (QED) is 0.537. The number of anilines is 1. The molecule has 28 heavy (non-hydrogen) atoms. The summed E-state index contributed by atoms with van der Waals surface area (Å²) in [4.78, 5) is 9.23. The number of nitrogens with two attached hydrogens (primary N) is 1. The molecule has 1 aromatic rings. The van der Waals surface area contributed by atoms with Crippen LogP contribution in [-0.4, -0.2) is 48.0 Å². The van der Waals surface area contributed by atoms with Crippen molar-refractivity contribution >= 4 is 17.2 Å². The van der Waals surface area contributed by atoms with Crippen molar-refractivity contribution in [2.75, 3.05) is 25.6 Å². The van der Waals surface area contributed by atoms with E-state index in [9.17, 15) is 0 Å². The summed E-state index contributed by atoms with van der Waals surface area (Å²) in [5, 5.41) is 15.7. The van der Waals surface area contributed by atoms with Gasteiger partial charge < -0.3 is 26.5 Å². The molecule has 1 aliphatic heterocycles. The first-order valence-electron chi connectivity index (χ1n) is 10.5. The van der Waals surface area contributed by atoms with Crippen molar-refractivity contribution in [2.45, 2.75) is 64.0 Å². The van der Waals surface area contributed by atoms with Crippen molar-refractivity contribution in [1.29, 1.82) is 5.41 Å². The van der Waals surface area contributed by atoms with Gasteiger partial charge in [0.2, 0.25) is 5.95 Å². The molecule has 7 nitrogen and oxygen atoms in total. The van der Waals surface area contributed by atoms with Crippen LogP contribution in [0.1, 0.15) is 57.6 Å². The molecule has 1 aliphatic carbocycles. The van der Waals surface area contributed by atoms with Crippen molar-refractivity contribution in [3.63, 3.8) is 0 Å². The largest absolute Gasteiger partial charge is 0.391 e. The van der Waals surface area contributed by atoms with Crippen LogP contribution in [-0.2, 0) is 4.74 Å². The fourth-order valence-electron chi connectivity index (χ4n) is 4.14. The number of nitrogens with one attached hydrogen (secondary N) is 3. The number of hydrogen-bond donors (Lipinski definition) is 4. The van der Waals surface area contributed by atoms with E-state index in [0.29, 0.717) is 23.7 Å². The van der Waals surface area contributed by atoms with Crippen molar-refractivity contribution in [3.05, 3.63) is 23.7 Å². The zero-order valence-electron chi connectivity index (χ0n) is 17.1. The molecule has 1 saturated carbocycles. The van der Waals surface area contributed by atoms with E-state index < -0.39 is 0 Å². The number of aromatic nitrogens is 2. The molecule has 1 saturated heterocycles. The van der Waals surface area contributed by atoms with E-state index in [-0.39, 0.29) is 5.92 Å². The monoisotopic (exact) mass is 386 g/mol. The predicted molar refractivity (Wildman–Crippen MR) is 113 cm³/mol. The molecule has 0 aromatic carbocycles. The van der Waals surface area contributed by atoms with Gasteiger partial charge in [0.15, 0.2) is 0 Å². The van der Waals surface area contributed by atoms with Gasteiger partial charge in [0.05, 0.1) is 5.69 Å². The number of allylic oxidation sites excluding steroid dienone is 2. The highest BCUT2D eigenvalue weighted by Crippen LogP contribution is 2.28. The molecule has 0 unspecified atom stereocenters. The van der Waals surface area contributed by atoms with Crippen LogP contribution in [0.4, 0.5) is 5.95 Å². The summed E-state index contributed by atoms with van der Waals surface area (Å²) in [5.74, 6) is 0.853. The Morgan fingerprint density at radius 1 is 1.21 bits per heavy atom. The minimum atomic E-state index is 0.213. The molecule has 5 N–H and O–H groups in total. The van der Waals surface area contributed by atoms with E-state index in [2.05, 4.69) is 22.5 Å². The highest BCUT2D eigenvalue weighted by atomic mass is 16.5. The van der Waals surface area contributed by atoms with Crippen LogP contribution in [0.25, 0.3) is 5.57 Å². The summed E-state index contributed by atoms with van der Waals surface area (Å²) in [6, 6.07) is 2.60. The standard InChI is InChI=1S/C21H34N6O/c1-3-17(24-2)19(20(23)14-9-12-28-13-10-14)18-8-11-25-21(27-18)26-16-6-4-15(22)5-7-16/h8,11,14-16,23-24H,3-7,9-10,12-13,22H2,1-2H3,(H,25,26,27)/b19-17-,23-20?/t15-,16-. The lowest BCUT2D eigenvalue weighted by atomic mass is 9.87. The third-order valence-corrected chi connectivity index (χ3v) is 5.87. The lowest BCUT2D eigenvalue weighted by Gasteiger charge is -2.27. The zero-order valence-corrected chi connectivity index (χ0v) is 17.1. The second kappa shape index (κ2) is 9.98. The molecule has 7 heteroatoms. The van der Waals surface area contributed by atoms with Crippen molar-refractivity contribution < 1.29 is 4.74 Å². The summed E-state index contributed by atoms with van der Waals surface area (Å²) >= 11 is 0. The van der Waals surface area contributed by atoms with E-state index in [0.717, 1.165) is 75.1 Å². The number of nitrogens with zero attached hydrogens (tertiary/aromatic N) is 2. The molecule has 2 fully saturated rings. The van der Waals surface area contributed by atoms with Crippen molar-refractivity contribution in [2.24, 2.45) is 11.7 Å². The normalized spacial score (nSPS) is 24.4. The van der Waals surface area contributed by atoms with Crippen LogP contribution in [0.15, 0.2) is 18.0 Å². The van der Waals surface area contributed by atoms with Gasteiger partial charge >= 0.3 is 0 Å². The van der Waals surface area contributed by atoms with Gasteiger partial charge in [0.1, 0.15) is 0 Å². The van der Waals surface area contributed by atoms with E-state index in [1.165, 1.54) is 0 Å². The summed E-state index contributed by atoms with van der Waals surface area (Å²) in [6.45, 7) is 3.55. The molecule has 0 bridgehead atoms. The van der Waals surface area contributed by atoms with Gasteiger partial charge in [-0.3, -0.25) is 0 Å². The highest BCUT2D eigenvalue weighted by Gasteiger charge is 2.25. The summed E-state index contributed by atoms with van der Waals surface area (Å²) in [7, 11) is 1.92.